The number of esters is 1. The zero-order valence-electron chi connectivity index (χ0n) is 39.1. The van der Waals surface area contributed by atoms with Gasteiger partial charge in [-0.25, -0.2) is 0 Å². The number of aliphatic hydroxyl groups excluding tert-OH is 10. The van der Waals surface area contributed by atoms with Crippen molar-refractivity contribution in [3.63, 3.8) is 0 Å². The summed E-state index contributed by atoms with van der Waals surface area (Å²) < 4.78 is 41.8. The number of rotatable bonds is 8. The third-order valence-electron chi connectivity index (χ3n) is 19.7. The van der Waals surface area contributed by atoms with Gasteiger partial charge < -0.3 is 89.3 Å². The Labute approximate surface area is 384 Å². The summed E-state index contributed by atoms with van der Waals surface area (Å²) in [6, 6.07) is 0. The molecule has 24 atom stereocenters. The van der Waals surface area contributed by atoms with Crippen LogP contribution in [-0.2, 0) is 38.0 Å². The van der Waals surface area contributed by atoms with Crippen molar-refractivity contribution in [2.75, 3.05) is 19.8 Å². The van der Waals surface area contributed by atoms with Crippen molar-refractivity contribution in [2.45, 2.75) is 216 Å². The van der Waals surface area contributed by atoms with Gasteiger partial charge in [-0.1, -0.05) is 34.6 Å². The van der Waals surface area contributed by atoms with Gasteiger partial charge in [-0.05, 0) is 116 Å². The normalized spacial score (nSPS) is 56.7. The predicted octanol–water partition coefficient (Wildman–Crippen LogP) is -0.974. The third kappa shape index (κ3) is 6.80. The smallest absolute Gasteiger partial charge is 0.317 e. The first-order valence-corrected chi connectivity index (χ1v) is 24.0. The van der Waals surface area contributed by atoms with E-state index in [1.165, 1.54) is 0 Å². The van der Waals surface area contributed by atoms with Crippen molar-refractivity contribution in [2.24, 2.45) is 38.9 Å². The molecule has 66 heavy (non-hydrogen) atoms. The molecule has 0 aromatic carbocycles. The van der Waals surface area contributed by atoms with Crippen molar-refractivity contribution in [3.05, 3.63) is 11.1 Å². The molecule has 2 bridgehead atoms. The lowest BCUT2D eigenvalue weighted by Crippen LogP contribution is -2.72. The van der Waals surface area contributed by atoms with Crippen LogP contribution in [0, 0.1) is 38.9 Å². The SMILES string of the molecule is CC1(C)[C@@H](O[C@@H]2OC[C@H](O)[C@H](O[C@H]3O[C@H](CO)[C@H](O)[C@@H](O)[C@H]3O[C@@H]3O[C@@H](CO)[C@@H](O)[C@@H](O)[C@H]3O)[C@H]2O)CC[C@]2(C)[C@@H]1CC[C@@]1(C)[C@H]2C[C@@H](O)C2=C3[C@@]4(CC[C@@](C)(OC4=O)[C@@]3(C)O)CC[C@]21C. The van der Waals surface area contributed by atoms with Crippen LogP contribution in [0.1, 0.15) is 106 Å². The Kier molecular flexibility index (Phi) is 12.4. The number of hydrogen-bond donors (Lipinski definition) is 11. The molecular formula is C47H74O19. The second kappa shape index (κ2) is 16.5. The minimum atomic E-state index is -1.89. The molecule has 0 aromatic rings. The minimum absolute atomic E-state index is 0.0744. The molecule has 5 aliphatic heterocycles. The number of carbonyl (C=O) groups excluding carboxylic acids is 1. The quantitative estimate of drug-likeness (QED) is 0.0792. The van der Waals surface area contributed by atoms with Crippen molar-refractivity contribution in [1.29, 1.82) is 0 Å². The Morgan fingerprint density at radius 2 is 1.26 bits per heavy atom. The molecule has 4 saturated carbocycles. The number of ether oxygens (including phenoxy) is 7. The van der Waals surface area contributed by atoms with Gasteiger partial charge >= 0.3 is 5.97 Å². The monoisotopic (exact) mass is 942 g/mol. The molecule has 19 nitrogen and oxygen atoms in total. The first-order valence-electron chi connectivity index (χ1n) is 24.0. The van der Waals surface area contributed by atoms with Crippen LogP contribution in [0.5, 0.6) is 0 Å². The molecule has 0 unspecified atom stereocenters. The van der Waals surface area contributed by atoms with Gasteiger partial charge in [-0.3, -0.25) is 4.79 Å². The lowest BCUT2D eigenvalue weighted by molar-refractivity contribution is -0.387. The van der Waals surface area contributed by atoms with Gasteiger partial charge in [0, 0.05) is 0 Å². The lowest BCUT2D eigenvalue weighted by Gasteiger charge is -2.73. The molecule has 10 aliphatic rings. The van der Waals surface area contributed by atoms with E-state index in [1.807, 2.05) is 6.92 Å². The first-order chi connectivity index (χ1) is 30.8. The van der Waals surface area contributed by atoms with Gasteiger partial charge in [-0.15, -0.1) is 0 Å². The molecule has 10 rings (SSSR count). The fourth-order valence-corrected chi connectivity index (χ4v) is 15.4. The second-order valence-electron chi connectivity index (χ2n) is 23.1. The number of aliphatic hydroxyl groups is 11. The van der Waals surface area contributed by atoms with E-state index in [9.17, 15) is 61.0 Å². The van der Waals surface area contributed by atoms with E-state index in [2.05, 4.69) is 34.6 Å². The summed E-state index contributed by atoms with van der Waals surface area (Å²) in [7, 11) is 0. The predicted molar refractivity (Wildman–Crippen MR) is 225 cm³/mol. The Morgan fingerprint density at radius 1 is 0.636 bits per heavy atom. The van der Waals surface area contributed by atoms with Crippen LogP contribution in [0.3, 0.4) is 0 Å². The van der Waals surface area contributed by atoms with Crippen LogP contribution >= 0.6 is 0 Å². The lowest BCUT2D eigenvalue weighted by atomic mass is 9.33. The highest BCUT2D eigenvalue weighted by Gasteiger charge is 2.75. The molecule has 11 N–H and O–H groups in total. The van der Waals surface area contributed by atoms with Crippen LogP contribution in [0.2, 0.25) is 0 Å². The molecular weight excluding hydrogens is 868 g/mol. The van der Waals surface area contributed by atoms with Crippen molar-refractivity contribution < 1.29 is 94.1 Å². The summed E-state index contributed by atoms with van der Waals surface area (Å²) in [4.78, 5) is 13.8. The van der Waals surface area contributed by atoms with Gasteiger partial charge in [-0.2, -0.15) is 0 Å². The number of fused-ring (bicyclic) bond motifs is 7. The summed E-state index contributed by atoms with van der Waals surface area (Å²) in [6.45, 7) is 12.9. The van der Waals surface area contributed by atoms with Gasteiger partial charge in [0.1, 0.15) is 78.3 Å². The standard InChI is InChI=1S/C47H74O19/c1-41(2)24-8-11-43(4)25(16-20(50)27-36-46(7,59)45(6)13-15-47(36,40(58)66-45)14-12-44(27,43)5)42(24,3)10-9-26(41)63-37-33(57)34(21(51)19-60-37)64-39-35(31(55)29(53)23(18-49)62-39)65-38-32(56)30(54)28(52)22(17-48)61-38/h20-26,28-35,37-39,48-57,59H,8-19H2,1-7H3/t20-,21+,22+,23-,24-,25+,26+,28-,29+,30-,31-,32-,33-,34+,35-,37+,38+,39-,42-,43+,44-,45-,46+,47+/m1/s1. The molecule has 5 saturated heterocycles. The minimum Gasteiger partial charge on any atom is -0.455 e. The highest BCUT2D eigenvalue weighted by atomic mass is 16.8. The first kappa shape index (κ1) is 49.5. The molecule has 9 fully saturated rings. The van der Waals surface area contributed by atoms with Gasteiger partial charge in [0.15, 0.2) is 18.9 Å². The fourth-order valence-electron chi connectivity index (χ4n) is 15.4. The fraction of sp³-hybridized carbons (Fsp3) is 0.936. The molecule has 1 spiro atoms. The van der Waals surface area contributed by atoms with Gasteiger partial charge in [0.25, 0.3) is 0 Å². The summed E-state index contributed by atoms with van der Waals surface area (Å²) >= 11 is 0. The highest BCUT2D eigenvalue weighted by molar-refractivity contribution is 5.86. The van der Waals surface area contributed by atoms with Gasteiger partial charge in [0.2, 0.25) is 0 Å². The highest BCUT2D eigenvalue weighted by Crippen LogP contribution is 2.77. The summed E-state index contributed by atoms with van der Waals surface area (Å²) in [6.07, 6.45) is -18.5. The van der Waals surface area contributed by atoms with E-state index in [0.29, 0.717) is 44.1 Å². The molecule has 5 heterocycles. The van der Waals surface area contributed by atoms with E-state index < -0.39 is 139 Å². The van der Waals surface area contributed by atoms with Crippen LogP contribution in [0.15, 0.2) is 11.1 Å². The van der Waals surface area contributed by atoms with Crippen molar-refractivity contribution in [3.8, 4) is 0 Å². The van der Waals surface area contributed by atoms with Crippen LogP contribution in [-0.4, -0.2) is 191 Å². The topological polar surface area (TPSA) is 304 Å². The van der Waals surface area contributed by atoms with Gasteiger partial charge in [0.05, 0.1) is 37.4 Å². The Balaban J connectivity index is 0.934. The zero-order chi connectivity index (χ0) is 48.1. The zero-order valence-corrected chi connectivity index (χ0v) is 39.1. The maximum absolute atomic E-state index is 13.8. The van der Waals surface area contributed by atoms with E-state index in [0.717, 1.165) is 24.8 Å². The average Bonchev–Trinajstić information content (AvgIpc) is 3.25. The Bertz CT molecular complexity index is 1890. The Hall–Kier alpha value is -1.47. The number of hydrogen-bond acceptors (Lipinski definition) is 19. The molecule has 19 heteroatoms. The van der Waals surface area contributed by atoms with Crippen LogP contribution < -0.4 is 0 Å². The van der Waals surface area contributed by atoms with E-state index in [-0.39, 0.29) is 35.2 Å². The van der Waals surface area contributed by atoms with E-state index in [4.69, 9.17) is 33.2 Å². The molecule has 0 aromatic heterocycles. The maximum atomic E-state index is 13.8. The van der Waals surface area contributed by atoms with E-state index >= 15 is 0 Å². The van der Waals surface area contributed by atoms with Crippen LogP contribution in [0.25, 0.3) is 0 Å². The summed E-state index contributed by atoms with van der Waals surface area (Å²) in [5.41, 5.74) is -3.46. The molecule has 376 valence electrons. The van der Waals surface area contributed by atoms with E-state index in [1.54, 1.807) is 6.92 Å². The van der Waals surface area contributed by atoms with Crippen molar-refractivity contribution in [1.82, 2.24) is 0 Å². The molecule has 0 radical (unpaired) electrons. The average molecular weight is 943 g/mol. The summed E-state index contributed by atoms with van der Waals surface area (Å²) in [5.74, 6) is -0.115. The molecule has 0 amide bonds. The van der Waals surface area contributed by atoms with Crippen molar-refractivity contribution >= 4 is 5.97 Å². The Morgan fingerprint density at radius 3 is 1.91 bits per heavy atom. The van der Waals surface area contributed by atoms with Crippen LogP contribution in [0.4, 0.5) is 0 Å². The number of carbonyl (C=O) groups is 1. The second-order valence-corrected chi connectivity index (χ2v) is 23.1. The largest absolute Gasteiger partial charge is 0.455 e. The maximum Gasteiger partial charge on any atom is 0.317 e. The molecule has 5 aliphatic carbocycles. The third-order valence-corrected chi connectivity index (χ3v) is 19.7. The summed E-state index contributed by atoms with van der Waals surface area (Å²) in [5, 5.41) is 121.